The number of benzene rings is 1. The van der Waals surface area contributed by atoms with Gasteiger partial charge in [-0.3, -0.25) is 9.00 Å². The Bertz CT molecular complexity index is 675. The normalized spacial score (nSPS) is 12.8. The highest BCUT2D eigenvalue weighted by molar-refractivity contribution is 9.10. The summed E-state index contributed by atoms with van der Waals surface area (Å²) in [6.45, 7) is 3.57. The number of carbonyl (C=O) groups excluding carboxylic acids is 1. The maximum atomic E-state index is 11.9. The van der Waals surface area contributed by atoms with E-state index in [0.29, 0.717) is 16.2 Å². The van der Waals surface area contributed by atoms with E-state index >= 15 is 0 Å². The fourth-order valence-corrected chi connectivity index (χ4v) is 3.23. The molecule has 1 aromatic carbocycles. The van der Waals surface area contributed by atoms with Crippen LogP contribution in [0.2, 0.25) is 0 Å². The van der Waals surface area contributed by atoms with Gasteiger partial charge in [0.15, 0.2) is 0 Å². The minimum Gasteiger partial charge on any atom is -0.463 e. The van der Waals surface area contributed by atoms with Gasteiger partial charge < -0.3 is 9.15 Å². The van der Waals surface area contributed by atoms with Crippen LogP contribution in [-0.2, 0) is 26.8 Å². The van der Waals surface area contributed by atoms with Crippen LogP contribution < -0.4 is 0 Å². The van der Waals surface area contributed by atoms with Gasteiger partial charge in [-0.15, -0.1) is 0 Å². The van der Waals surface area contributed by atoms with Crippen LogP contribution in [-0.4, -0.2) is 22.5 Å². The summed E-state index contributed by atoms with van der Waals surface area (Å²) < 4.78 is 23.6. The first-order chi connectivity index (χ1) is 9.38. The van der Waals surface area contributed by atoms with E-state index < -0.39 is 10.8 Å². The number of halogens is 1. The molecule has 0 spiro atoms. The lowest BCUT2D eigenvalue weighted by molar-refractivity contribution is -0.146. The first-order valence-corrected chi connectivity index (χ1v) is 8.47. The van der Waals surface area contributed by atoms with Gasteiger partial charge in [0, 0.05) is 16.1 Å². The average molecular weight is 359 g/mol. The minimum atomic E-state index is -1.24. The molecule has 1 aromatic heterocycles. The van der Waals surface area contributed by atoms with Gasteiger partial charge in [0.1, 0.15) is 17.8 Å². The summed E-state index contributed by atoms with van der Waals surface area (Å²) in [5.41, 5.74) is 0.616. The van der Waals surface area contributed by atoms with Crippen molar-refractivity contribution in [3.05, 3.63) is 28.4 Å². The number of furan rings is 1. The molecular formula is C14H15BrO4S. The monoisotopic (exact) mass is 358 g/mol. The van der Waals surface area contributed by atoms with Crippen molar-refractivity contribution >= 4 is 43.7 Å². The van der Waals surface area contributed by atoms with Gasteiger partial charge in [0.05, 0.1) is 21.8 Å². The maximum Gasteiger partial charge on any atom is 0.313 e. The van der Waals surface area contributed by atoms with E-state index in [2.05, 4.69) is 15.9 Å². The Hall–Kier alpha value is -1.14. The molecule has 0 saturated heterocycles. The number of hydrogen-bond acceptors (Lipinski definition) is 4. The standard InChI is InChI=1S/C14H15BrO4S/c1-8(2)18-13(16)7-12-14(20(3)17)10-6-9(15)4-5-11(10)19-12/h4-6,8H,7H2,1-3H3/t20-/m1/s1. The fraction of sp³-hybridized carbons (Fsp3) is 0.357. The van der Waals surface area contributed by atoms with Crippen LogP contribution in [0.4, 0.5) is 0 Å². The Labute approximate surface area is 128 Å². The highest BCUT2D eigenvalue weighted by Crippen LogP contribution is 2.31. The van der Waals surface area contributed by atoms with Crippen molar-refractivity contribution in [2.45, 2.75) is 31.3 Å². The molecule has 0 aliphatic rings. The quantitative estimate of drug-likeness (QED) is 0.785. The lowest BCUT2D eigenvalue weighted by Crippen LogP contribution is -2.14. The van der Waals surface area contributed by atoms with Crippen molar-refractivity contribution in [2.75, 3.05) is 6.26 Å². The molecule has 0 amide bonds. The molecular weight excluding hydrogens is 344 g/mol. The second-order valence-electron chi connectivity index (χ2n) is 4.66. The summed E-state index contributed by atoms with van der Waals surface area (Å²) in [4.78, 5) is 12.3. The van der Waals surface area contributed by atoms with E-state index in [9.17, 15) is 9.00 Å². The SMILES string of the molecule is CC(C)OC(=O)Cc1oc2ccc(Br)cc2c1[S@@](C)=O. The topological polar surface area (TPSA) is 56.5 Å². The van der Waals surface area contributed by atoms with Crippen LogP contribution in [0.25, 0.3) is 11.0 Å². The molecule has 20 heavy (non-hydrogen) atoms. The molecule has 0 N–H and O–H groups in total. The Morgan fingerprint density at radius 2 is 2.15 bits per heavy atom. The summed E-state index contributed by atoms with van der Waals surface area (Å²) in [7, 11) is -1.24. The van der Waals surface area contributed by atoms with Gasteiger partial charge in [0.2, 0.25) is 0 Å². The first kappa shape index (κ1) is 15.3. The predicted octanol–water partition coefficient (Wildman–Crippen LogP) is 3.43. The summed E-state index contributed by atoms with van der Waals surface area (Å²) in [6, 6.07) is 5.46. The van der Waals surface area contributed by atoms with Crippen molar-refractivity contribution in [3.63, 3.8) is 0 Å². The van der Waals surface area contributed by atoms with E-state index in [1.165, 1.54) is 0 Å². The number of carbonyl (C=O) groups is 1. The van der Waals surface area contributed by atoms with Gasteiger partial charge in [-0.25, -0.2) is 0 Å². The Morgan fingerprint density at radius 3 is 2.75 bits per heavy atom. The molecule has 0 bridgehead atoms. The van der Waals surface area contributed by atoms with Crippen LogP contribution in [0.15, 0.2) is 32.0 Å². The number of esters is 1. The molecule has 1 atom stereocenters. The third kappa shape index (κ3) is 3.30. The third-order valence-electron chi connectivity index (χ3n) is 2.63. The highest BCUT2D eigenvalue weighted by Gasteiger charge is 2.21. The Balaban J connectivity index is 2.45. The zero-order chi connectivity index (χ0) is 14.9. The van der Waals surface area contributed by atoms with Gasteiger partial charge in [-0.1, -0.05) is 15.9 Å². The van der Waals surface area contributed by atoms with Crippen LogP contribution in [0.1, 0.15) is 19.6 Å². The van der Waals surface area contributed by atoms with Gasteiger partial charge in [-0.05, 0) is 32.0 Å². The van der Waals surface area contributed by atoms with Crippen molar-refractivity contribution in [2.24, 2.45) is 0 Å². The van der Waals surface area contributed by atoms with Crippen LogP contribution in [0.3, 0.4) is 0 Å². The van der Waals surface area contributed by atoms with Crippen molar-refractivity contribution in [1.29, 1.82) is 0 Å². The summed E-state index contributed by atoms with van der Waals surface area (Å²) in [6.07, 6.45) is 1.37. The Kier molecular flexibility index (Phi) is 4.65. The van der Waals surface area contributed by atoms with E-state index in [0.717, 1.165) is 9.86 Å². The largest absolute Gasteiger partial charge is 0.463 e. The van der Waals surface area contributed by atoms with Gasteiger partial charge >= 0.3 is 5.97 Å². The third-order valence-corrected chi connectivity index (χ3v) is 4.15. The second kappa shape index (κ2) is 6.10. The first-order valence-electron chi connectivity index (χ1n) is 6.12. The molecule has 0 aliphatic carbocycles. The number of fused-ring (bicyclic) bond motifs is 1. The number of hydrogen-bond donors (Lipinski definition) is 0. The van der Waals surface area contributed by atoms with Crippen molar-refractivity contribution < 1.29 is 18.2 Å². The highest BCUT2D eigenvalue weighted by atomic mass is 79.9. The van der Waals surface area contributed by atoms with Crippen LogP contribution in [0.5, 0.6) is 0 Å². The average Bonchev–Trinajstić information content (AvgIpc) is 2.64. The van der Waals surface area contributed by atoms with Gasteiger partial charge in [0.25, 0.3) is 0 Å². The van der Waals surface area contributed by atoms with Gasteiger partial charge in [-0.2, -0.15) is 0 Å². The smallest absolute Gasteiger partial charge is 0.313 e. The molecule has 4 nitrogen and oxygen atoms in total. The summed E-state index contributed by atoms with van der Waals surface area (Å²) in [5.74, 6) is 0.0226. The van der Waals surface area contributed by atoms with E-state index in [1.807, 2.05) is 12.1 Å². The Morgan fingerprint density at radius 1 is 1.45 bits per heavy atom. The molecule has 0 fully saturated rings. The number of ether oxygens (including phenoxy) is 1. The minimum absolute atomic E-state index is 0.0145. The lowest BCUT2D eigenvalue weighted by atomic mass is 10.2. The molecule has 0 saturated carbocycles. The summed E-state index contributed by atoms with van der Waals surface area (Å²) >= 11 is 3.38. The molecule has 1 heterocycles. The molecule has 6 heteroatoms. The fourth-order valence-electron chi connectivity index (χ4n) is 1.97. The molecule has 2 aromatic rings. The second-order valence-corrected chi connectivity index (χ2v) is 6.90. The molecule has 0 unspecified atom stereocenters. The van der Waals surface area contributed by atoms with E-state index in [-0.39, 0.29) is 18.5 Å². The zero-order valence-corrected chi connectivity index (χ0v) is 13.8. The molecule has 0 radical (unpaired) electrons. The van der Waals surface area contributed by atoms with Crippen LogP contribution >= 0.6 is 15.9 Å². The van der Waals surface area contributed by atoms with E-state index in [4.69, 9.17) is 9.15 Å². The summed E-state index contributed by atoms with van der Waals surface area (Å²) in [5, 5.41) is 0.757. The van der Waals surface area contributed by atoms with Crippen molar-refractivity contribution in [3.8, 4) is 0 Å². The van der Waals surface area contributed by atoms with Crippen molar-refractivity contribution in [1.82, 2.24) is 0 Å². The molecule has 108 valence electrons. The lowest BCUT2D eigenvalue weighted by Gasteiger charge is -2.06. The molecule has 0 aliphatic heterocycles. The molecule has 2 rings (SSSR count). The number of rotatable bonds is 4. The van der Waals surface area contributed by atoms with Crippen LogP contribution in [0, 0.1) is 0 Å². The predicted molar refractivity (Wildman–Crippen MR) is 81.2 cm³/mol. The zero-order valence-electron chi connectivity index (χ0n) is 11.4. The van der Waals surface area contributed by atoms with E-state index in [1.54, 1.807) is 26.2 Å². The maximum absolute atomic E-state index is 11.9.